The SMILES string of the molecule is CC(=O)O[C@H]1CCC2=C(C1)[C@H](CI)CC1C2CC[C@@]2(C)C1CC[C@@H]2C(C)CCCC(C)C. The molecule has 0 spiro atoms. The van der Waals surface area contributed by atoms with Gasteiger partial charge in [-0.1, -0.05) is 80.7 Å². The largest absolute Gasteiger partial charge is 0.462 e. The van der Waals surface area contributed by atoms with Gasteiger partial charge in [0.25, 0.3) is 0 Å². The van der Waals surface area contributed by atoms with E-state index in [4.69, 9.17) is 4.74 Å². The van der Waals surface area contributed by atoms with E-state index in [9.17, 15) is 4.79 Å². The van der Waals surface area contributed by atoms with Gasteiger partial charge in [-0.05, 0) is 91.8 Å². The van der Waals surface area contributed by atoms with Gasteiger partial charge < -0.3 is 4.74 Å². The molecular formula is C29H47IO2. The van der Waals surface area contributed by atoms with Crippen LogP contribution in [0.1, 0.15) is 105 Å². The molecule has 4 aliphatic rings. The van der Waals surface area contributed by atoms with E-state index in [1.165, 1.54) is 62.2 Å². The number of hydrogen-bond donors (Lipinski definition) is 0. The van der Waals surface area contributed by atoms with Crippen molar-refractivity contribution in [3.05, 3.63) is 11.1 Å². The number of carbonyl (C=O) groups excluding carboxylic acids is 1. The molecular weight excluding hydrogens is 507 g/mol. The molecule has 0 bridgehead atoms. The quantitative estimate of drug-likeness (QED) is 0.137. The number of alkyl halides is 1. The standard InChI is InChI=1S/C29H47IO2/c1-18(2)7-6-8-19(3)27-11-12-28-26-15-21(17-30)25-16-22(32-20(4)31)9-10-23(25)24(26)13-14-29(27,28)5/h18-19,21-22,24,26-28H,6-17H2,1-5H3/t19?,21-,22-,24?,26?,27+,28?,29+/m0/s1. The summed E-state index contributed by atoms with van der Waals surface area (Å²) in [4.78, 5) is 11.6. The number of hydrogen-bond acceptors (Lipinski definition) is 2. The molecule has 0 aromatic carbocycles. The van der Waals surface area contributed by atoms with Crippen LogP contribution in [0.25, 0.3) is 0 Å². The summed E-state index contributed by atoms with van der Waals surface area (Å²) in [7, 11) is 0. The van der Waals surface area contributed by atoms with Gasteiger partial charge in [0, 0.05) is 17.8 Å². The van der Waals surface area contributed by atoms with Crippen LogP contribution in [0, 0.1) is 46.8 Å². The summed E-state index contributed by atoms with van der Waals surface area (Å²) < 4.78 is 6.89. The average molecular weight is 555 g/mol. The fraction of sp³-hybridized carbons (Fsp3) is 0.897. The van der Waals surface area contributed by atoms with Crippen molar-refractivity contribution in [2.75, 3.05) is 4.43 Å². The lowest BCUT2D eigenvalue weighted by atomic mass is 9.51. The Labute approximate surface area is 211 Å². The molecule has 0 heterocycles. The van der Waals surface area contributed by atoms with Crippen molar-refractivity contribution in [3.8, 4) is 0 Å². The van der Waals surface area contributed by atoms with Gasteiger partial charge in [0.05, 0.1) is 0 Å². The third-order valence-corrected chi connectivity index (χ3v) is 11.3. The number of esters is 1. The molecule has 2 saturated carbocycles. The predicted octanol–water partition coefficient (Wildman–Crippen LogP) is 8.37. The third-order valence-electron chi connectivity index (χ3n) is 10.2. The summed E-state index contributed by atoms with van der Waals surface area (Å²) in [6.45, 7) is 11.6. The van der Waals surface area contributed by atoms with Crippen LogP contribution in [0.5, 0.6) is 0 Å². The Balaban J connectivity index is 1.50. The molecule has 3 heteroatoms. The number of carbonyl (C=O) groups is 1. The predicted molar refractivity (Wildman–Crippen MR) is 142 cm³/mol. The molecule has 0 amide bonds. The van der Waals surface area contributed by atoms with Gasteiger partial charge >= 0.3 is 5.97 Å². The fourth-order valence-electron chi connectivity index (χ4n) is 8.84. The summed E-state index contributed by atoms with van der Waals surface area (Å²) in [5.41, 5.74) is 4.10. The molecule has 0 aromatic rings. The van der Waals surface area contributed by atoms with Gasteiger partial charge in [0.2, 0.25) is 0 Å². The second-order valence-corrected chi connectivity index (χ2v) is 13.4. The van der Waals surface area contributed by atoms with Crippen molar-refractivity contribution in [1.29, 1.82) is 0 Å². The first kappa shape index (κ1) is 25.0. The lowest BCUT2D eigenvalue weighted by Gasteiger charge is -2.54. The summed E-state index contributed by atoms with van der Waals surface area (Å²) in [6, 6.07) is 0. The Kier molecular flexibility index (Phi) is 8.05. The second-order valence-electron chi connectivity index (χ2n) is 12.5. The first-order chi connectivity index (χ1) is 15.2. The highest BCUT2D eigenvalue weighted by Gasteiger charge is 2.56. The number of rotatable bonds is 7. The minimum absolute atomic E-state index is 0.105. The van der Waals surface area contributed by atoms with E-state index in [-0.39, 0.29) is 12.1 Å². The smallest absolute Gasteiger partial charge is 0.302 e. The van der Waals surface area contributed by atoms with E-state index in [1.54, 1.807) is 12.5 Å². The number of allylic oxidation sites excluding steroid dienone is 1. The summed E-state index contributed by atoms with van der Waals surface area (Å²) in [6.07, 6.45) is 14.8. The second kappa shape index (κ2) is 10.3. The molecule has 4 rings (SSSR count). The normalized spacial score (nSPS) is 40.0. The Hall–Kier alpha value is -0.0600. The van der Waals surface area contributed by atoms with E-state index in [2.05, 4.69) is 50.3 Å². The molecule has 0 N–H and O–H groups in total. The number of halogens is 1. The first-order valence-corrected chi connectivity index (χ1v) is 15.2. The van der Waals surface area contributed by atoms with Gasteiger partial charge in [-0.15, -0.1) is 0 Å². The van der Waals surface area contributed by atoms with E-state index in [0.717, 1.165) is 54.3 Å². The van der Waals surface area contributed by atoms with Crippen LogP contribution in [0.15, 0.2) is 11.1 Å². The minimum Gasteiger partial charge on any atom is -0.462 e. The monoisotopic (exact) mass is 554 g/mol. The minimum atomic E-state index is -0.105. The Bertz CT molecular complexity index is 712. The topological polar surface area (TPSA) is 26.3 Å². The van der Waals surface area contributed by atoms with Crippen LogP contribution >= 0.6 is 22.6 Å². The Morgan fingerprint density at radius 2 is 1.91 bits per heavy atom. The Morgan fingerprint density at radius 1 is 1.12 bits per heavy atom. The zero-order chi connectivity index (χ0) is 23.0. The lowest BCUT2D eigenvalue weighted by molar-refractivity contribution is -0.147. The van der Waals surface area contributed by atoms with Crippen LogP contribution in [0.3, 0.4) is 0 Å². The highest BCUT2D eigenvalue weighted by molar-refractivity contribution is 14.1. The van der Waals surface area contributed by atoms with Crippen LogP contribution < -0.4 is 0 Å². The highest BCUT2D eigenvalue weighted by atomic mass is 127. The van der Waals surface area contributed by atoms with Gasteiger partial charge in [-0.25, -0.2) is 0 Å². The zero-order valence-electron chi connectivity index (χ0n) is 21.3. The maximum atomic E-state index is 11.6. The summed E-state index contributed by atoms with van der Waals surface area (Å²) in [5.74, 6) is 5.95. The van der Waals surface area contributed by atoms with Gasteiger partial charge in [-0.3, -0.25) is 4.79 Å². The van der Waals surface area contributed by atoms with Gasteiger partial charge in [-0.2, -0.15) is 0 Å². The molecule has 0 aliphatic heterocycles. The maximum Gasteiger partial charge on any atom is 0.302 e. The average Bonchev–Trinajstić information content (AvgIpc) is 3.09. The lowest BCUT2D eigenvalue weighted by Crippen LogP contribution is -2.47. The fourth-order valence-corrected chi connectivity index (χ4v) is 9.73. The van der Waals surface area contributed by atoms with E-state index in [1.807, 2.05) is 5.57 Å². The van der Waals surface area contributed by atoms with Crippen molar-refractivity contribution in [2.24, 2.45) is 46.8 Å². The summed E-state index contributed by atoms with van der Waals surface area (Å²) >= 11 is 2.63. The Morgan fingerprint density at radius 3 is 2.59 bits per heavy atom. The maximum absolute atomic E-state index is 11.6. The van der Waals surface area contributed by atoms with Crippen LogP contribution in [-0.4, -0.2) is 16.5 Å². The molecule has 32 heavy (non-hydrogen) atoms. The molecule has 2 nitrogen and oxygen atoms in total. The zero-order valence-corrected chi connectivity index (χ0v) is 23.5. The number of ether oxygens (including phenoxy) is 1. The van der Waals surface area contributed by atoms with Crippen LogP contribution in [-0.2, 0) is 9.53 Å². The third kappa shape index (κ3) is 4.85. The van der Waals surface area contributed by atoms with Crippen molar-refractivity contribution in [3.63, 3.8) is 0 Å². The molecule has 8 atom stereocenters. The molecule has 4 unspecified atom stereocenters. The molecule has 182 valence electrons. The molecule has 4 aliphatic carbocycles. The van der Waals surface area contributed by atoms with Gasteiger partial charge in [0.15, 0.2) is 0 Å². The first-order valence-electron chi connectivity index (χ1n) is 13.7. The van der Waals surface area contributed by atoms with Crippen molar-refractivity contribution in [2.45, 2.75) is 111 Å². The van der Waals surface area contributed by atoms with Crippen molar-refractivity contribution >= 4 is 28.6 Å². The summed E-state index contributed by atoms with van der Waals surface area (Å²) in [5, 5.41) is 0. The van der Waals surface area contributed by atoms with Crippen molar-refractivity contribution in [1.82, 2.24) is 0 Å². The van der Waals surface area contributed by atoms with E-state index in [0.29, 0.717) is 5.41 Å². The molecule has 0 saturated heterocycles. The molecule has 0 radical (unpaired) electrons. The van der Waals surface area contributed by atoms with Crippen LogP contribution in [0.2, 0.25) is 0 Å². The van der Waals surface area contributed by atoms with Crippen LogP contribution in [0.4, 0.5) is 0 Å². The van der Waals surface area contributed by atoms with E-state index >= 15 is 0 Å². The van der Waals surface area contributed by atoms with E-state index < -0.39 is 0 Å². The van der Waals surface area contributed by atoms with Crippen molar-refractivity contribution < 1.29 is 9.53 Å². The highest BCUT2D eigenvalue weighted by Crippen LogP contribution is 2.65. The molecule has 2 fully saturated rings. The van der Waals surface area contributed by atoms with Gasteiger partial charge in [0.1, 0.15) is 6.10 Å². The molecule has 0 aromatic heterocycles. The number of fused-ring (bicyclic) bond motifs is 4.